The molecule has 0 atom stereocenters. The van der Waals surface area contributed by atoms with Crippen molar-refractivity contribution in [2.45, 2.75) is 107 Å². The Labute approximate surface area is 702 Å². The average Bonchev–Trinajstić information content (AvgIpc) is 1.13. The van der Waals surface area contributed by atoms with E-state index in [9.17, 15) is 70.3 Å². The molecule has 5 N–H and O–H groups in total. The summed E-state index contributed by atoms with van der Waals surface area (Å²) < 4.78 is 70.4. The predicted octanol–water partition coefficient (Wildman–Crippen LogP) is 19.6. The van der Waals surface area contributed by atoms with Crippen molar-refractivity contribution >= 4 is 135 Å². The van der Waals surface area contributed by atoms with Crippen molar-refractivity contribution < 1.29 is 83.9 Å². The molecule has 0 aliphatic carbocycles. The maximum atomic E-state index is 13.4. The van der Waals surface area contributed by atoms with Gasteiger partial charge in [0.2, 0.25) is 28.9 Å². The molecule has 0 fully saturated rings. The fraction of sp³-hybridized carbons (Fsp3) is 0.181. The van der Waals surface area contributed by atoms with Crippen LogP contribution in [0.2, 0.25) is 0 Å². The standard InChI is InChI=1S/C21H22BrNO4.C20H17NO3.C19H20BrNO2.C19H17NO3.C15H9F4NO2/c1-11-6-15(21(26)27-5)7-12(2)17(11)10-18(24)20(25)23-19-13(3)8-16(22)9-14(19)4;22-19(13-12-16-9-6-14-24-16)20(23)21-18-11-5-4-10-17(18)15-7-2-1-3-8-15;1-11-6-5-7-12(2)16(11)10-17(22)19(23)21-18-13(3)8-15(20)9-14(18)4;1-13-8-9-14-5-2-3-7-16(14)18(13)20-19(22)17(21)11-10-15-6-4-12-23-15;16-9-3-1-4-10(17)8(9)7-13(21)15(22)20-14-11(18)5-2-6-12(14)19/h6-9H,10H2,1-5H3,(H,23,25);1-11,14H,12-13H2,(H,21,23);5-9H,10H2,1-4H3,(H,21,23);2-9,12H,10-11H2,1H3,(H,20,22);1-6H,7H2,(H,20,22). The zero-order valence-corrected chi connectivity index (χ0v) is 69.9. The summed E-state index contributed by atoms with van der Waals surface area (Å²) in [4.78, 5) is 133. The van der Waals surface area contributed by atoms with Gasteiger partial charge in [-0.1, -0.05) is 147 Å². The van der Waals surface area contributed by atoms with Crippen LogP contribution in [0.15, 0.2) is 237 Å². The number of benzene rings is 10. The van der Waals surface area contributed by atoms with E-state index in [0.29, 0.717) is 52.7 Å². The summed E-state index contributed by atoms with van der Waals surface area (Å²) in [6.07, 6.45) is 3.43. The number of anilines is 5. The minimum absolute atomic E-state index is 0.0282. The third-order valence-corrected chi connectivity index (χ3v) is 19.7. The number of rotatable bonds is 24. The number of esters is 1. The number of halogens is 6. The largest absolute Gasteiger partial charge is 0.469 e. The summed E-state index contributed by atoms with van der Waals surface area (Å²) in [6.45, 7) is 17.0. The third kappa shape index (κ3) is 26.2. The Hall–Kier alpha value is -13.1. The van der Waals surface area contributed by atoms with Gasteiger partial charge in [-0.3, -0.25) is 47.9 Å². The molecule has 25 heteroatoms. The van der Waals surface area contributed by atoms with Crippen molar-refractivity contribution in [1.82, 2.24) is 0 Å². The van der Waals surface area contributed by atoms with Gasteiger partial charge in [-0.25, -0.2) is 22.4 Å². The summed E-state index contributed by atoms with van der Waals surface area (Å²) in [6, 6.07) is 58.6. The lowest BCUT2D eigenvalue weighted by Crippen LogP contribution is -2.26. The number of Topliss-reactive ketones (excluding diaryl/α,β-unsaturated/α-hetero) is 5. The first-order chi connectivity index (χ1) is 56.7. The number of carbonyl (C=O) groups excluding carboxylic acids is 11. The maximum absolute atomic E-state index is 13.4. The van der Waals surface area contributed by atoms with Crippen molar-refractivity contribution in [2.75, 3.05) is 33.7 Å². The summed E-state index contributed by atoms with van der Waals surface area (Å²) in [5, 5.41) is 14.7. The minimum Gasteiger partial charge on any atom is -0.469 e. The molecule has 0 aliphatic heterocycles. The molecule has 5 amide bonds. The van der Waals surface area contributed by atoms with E-state index in [0.717, 1.165) is 128 Å². The maximum Gasteiger partial charge on any atom is 0.337 e. The van der Waals surface area contributed by atoms with E-state index in [2.05, 4.69) is 53.1 Å². The number of para-hydroxylation sites is 2. The van der Waals surface area contributed by atoms with E-state index in [4.69, 9.17) is 13.6 Å². The molecular formula is C94H85Br2F4N5O14. The van der Waals surface area contributed by atoms with Gasteiger partial charge in [-0.2, -0.15) is 0 Å². The number of carbonyl (C=O) groups is 11. The molecule has 2 aromatic heterocycles. The van der Waals surface area contributed by atoms with E-state index in [1.807, 2.05) is 190 Å². The quantitative estimate of drug-likeness (QED) is 0.0214. The Morgan fingerprint density at radius 1 is 0.345 bits per heavy atom. The summed E-state index contributed by atoms with van der Waals surface area (Å²) in [5.74, 6) is -10.0. The number of amides is 5. The van der Waals surface area contributed by atoms with E-state index in [1.54, 1.807) is 60.3 Å². The highest BCUT2D eigenvalue weighted by atomic mass is 79.9. The lowest BCUT2D eigenvalue weighted by Gasteiger charge is -2.14. The van der Waals surface area contributed by atoms with Crippen LogP contribution in [-0.4, -0.2) is 71.5 Å². The highest BCUT2D eigenvalue weighted by Crippen LogP contribution is 2.32. The fourth-order valence-electron chi connectivity index (χ4n) is 12.4. The molecule has 0 spiro atoms. The van der Waals surface area contributed by atoms with E-state index in [-0.39, 0.29) is 25.7 Å². The minimum atomic E-state index is -1.37. The Morgan fingerprint density at radius 3 is 1.21 bits per heavy atom. The van der Waals surface area contributed by atoms with Gasteiger partial charge in [0.1, 0.15) is 40.5 Å². The summed E-state index contributed by atoms with van der Waals surface area (Å²) in [5.41, 5.74) is 13.4. The van der Waals surface area contributed by atoms with Gasteiger partial charge in [0.25, 0.3) is 29.5 Å². The smallest absolute Gasteiger partial charge is 0.337 e. The highest BCUT2D eigenvalue weighted by molar-refractivity contribution is 9.10. The Kier molecular flexibility index (Phi) is 33.6. The molecule has 0 saturated heterocycles. The first-order valence-corrected chi connectivity index (χ1v) is 38.8. The van der Waals surface area contributed by atoms with Gasteiger partial charge < -0.3 is 40.2 Å². The molecule has 0 aliphatic rings. The second-order valence-corrected chi connectivity index (χ2v) is 29.4. The van der Waals surface area contributed by atoms with Crippen LogP contribution in [0.3, 0.4) is 0 Å². The zero-order chi connectivity index (χ0) is 86.7. The lowest BCUT2D eigenvalue weighted by molar-refractivity contribution is -0.134. The fourth-order valence-corrected chi connectivity index (χ4v) is 13.8. The number of ketones is 5. The number of fused-ring (bicyclic) bond motifs is 1. The number of methoxy groups -OCH3 is 1. The SMILES string of the molecule is COC(=O)c1cc(C)c(CC(=O)C(=O)Nc2c(C)cc(Br)cc2C)c(C)c1.Cc1ccc2ccccc2c1NC(=O)C(=O)CCc1ccco1.Cc1cccc(C)c1CC(=O)C(=O)Nc1c(C)cc(Br)cc1C.O=C(CCc1ccco1)C(=O)Nc1ccccc1-c1ccccc1.O=C(Cc1c(F)cccc1F)C(=O)Nc1c(F)cccc1F. The Morgan fingerprint density at radius 2 is 0.739 bits per heavy atom. The number of hydrogen-bond donors (Lipinski definition) is 5. The first-order valence-electron chi connectivity index (χ1n) is 37.2. The predicted molar refractivity (Wildman–Crippen MR) is 457 cm³/mol. The number of aryl methyl sites for hydroxylation is 11. The average molecular weight is 1740 g/mol. The monoisotopic (exact) mass is 1740 g/mol. The van der Waals surface area contributed by atoms with Gasteiger partial charge in [-0.15, -0.1) is 0 Å². The van der Waals surface area contributed by atoms with E-state index >= 15 is 0 Å². The van der Waals surface area contributed by atoms with E-state index < -0.39 is 105 Å². The van der Waals surface area contributed by atoms with Crippen molar-refractivity contribution in [3.8, 4) is 11.1 Å². The van der Waals surface area contributed by atoms with Crippen LogP contribution >= 0.6 is 31.9 Å². The van der Waals surface area contributed by atoms with Crippen LogP contribution in [0.5, 0.6) is 0 Å². The topological polar surface area (TPSA) is 283 Å². The molecule has 612 valence electrons. The van der Waals surface area contributed by atoms with Crippen molar-refractivity contribution in [2.24, 2.45) is 0 Å². The molecule has 0 bridgehead atoms. The Bertz CT molecular complexity index is 5580. The molecule has 0 saturated carbocycles. The summed E-state index contributed by atoms with van der Waals surface area (Å²) in [7, 11) is 1.32. The van der Waals surface area contributed by atoms with Gasteiger partial charge in [0.05, 0.1) is 30.9 Å². The van der Waals surface area contributed by atoms with Crippen molar-refractivity contribution in [1.29, 1.82) is 0 Å². The second kappa shape index (κ2) is 43.7. The molecule has 10 aromatic carbocycles. The molecule has 19 nitrogen and oxygen atoms in total. The van der Waals surface area contributed by atoms with Gasteiger partial charge in [-0.05, 0) is 225 Å². The van der Waals surface area contributed by atoms with Gasteiger partial charge in [0, 0.05) is 87.5 Å². The Balaban J connectivity index is 0.000000186. The molecule has 0 unspecified atom stereocenters. The first kappa shape index (κ1) is 91.4. The molecule has 12 rings (SSSR count). The summed E-state index contributed by atoms with van der Waals surface area (Å²) >= 11 is 6.83. The number of hydrogen-bond acceptors (Lipinski definition) is 14. The number of nitrogens with one attached hydrogen (secondary N) is 5. The lowest BCUT2D eigenvalue weighted by atomic mass is 9.95. The van der Waals surface area contributed by atoms with Crippen LogP contribution in [-0.2, 0) is 84.8 Å². The normalized spacial score (nSPS) is 10.5. The van der Waals surface area contributed by atoms with Crippen molar-refractivity contribution in [3.63, 3.8) is 0 Å². The second-order valence-electron chi connectivity index (χ2n) is 27.5. The van der Waals surface area contributed by atoms with Crippen LogP contribution in [0.4, 0.5) is 46.0 Å². The van der Waals surface area contributed by atoms with Crippen LogP contribution in [0, 0.1) is 85.6 Å². The van der Waals surface area contributed by atoms with Crippen LogP contribution < -0.4 is 26.6 Å². The third-order valence-electron chi connectivity index (χ3n) is 18.8. The van der Waals surface area contributed by atoms with Crippen LogP contribution in [0.1, 0.15) is 101 Å². The van der Waals surface area contributed by atoms with E-state index in [1.165, 1.54) is 7.11 Å². The molecule has 119 heavy (non-hydrogen) atoms. The molecular weight excluding hydrogens is 1660 g/mol. The van der Waals surface area contributed by atoms with Crippen LogP contribution in [0.25, 0.3) is 21.9 Å². The van der Waals surface area contributed by atoms with Crippen molar-refractivity contribution in [3.05, 3.63) is 335 Å². The number of ether oxygens (including phenoxy) is 1. The highest BCUT2D eigenvalue weighted by Gasteiger charge is 2.26. The van der Waals surface area contributed by atoms with Gasteiger partial charge in [0.15, 0.2) is 0 Å². The zero-order valence-electron chi connectivity index (χ0n) is 66.7. The number of furan rings is 2. The molecule has 12 aromatic rings. The molecule has 0 radical (unpaired) electrons. The molecule has 2 heterocycles. The van der Waals surface area contributed by atoms with Gasteiger partial charge >= 0.3 is 5.97 Å².